The van der Waals surface area contributed by atoms with Gasteiger partial charge in [0.25, 0.3) is 0 Å². The fourth-order valence-electron chi connectivity index (χ4n) is 4.12. The van der Waals surface area contributed by atoms with Gasteiger partial charge in [-0.3, -0.25) is 0 Å². The molecule has 2 unspecified atom stereocenters. The van der Waals surface area contributed by atoms with Crippen molar-refractivity contribution in [2.45, 2.75) is 28.4 Å². The van der Waals surface area contributed by atoms with E-state index in [9.17, 15) is 17.4 Å². The summed E-state index contributed by atoms with van der Waals surface area (Å²) in [5.41, 5.74) is 3.88. The lowest BCUT2D eigenvalue weighted by atomic mass is 10.1. The van der Waals surface area contributed by atoms with Crippen molar-refractivity contribution in [1.82, 2.24) is 9.88 Å². The van der Waals surface area contributed by atoms with Crippen LogP contribution in [0.4, 0.5) is 13.2 Å². The molecule has 2 aromatic carbocycles. The SMILES string of the molecule is Cn1c2c(c3cc(S(=O)c4cccc(C(F)(F)F)c4)ccc31)C1CC2=CN1. The van der Waals surface area contributed by atoms with Crippen molar-refractivity contribution in [3.8, 4) is 0 Å². The zero-order valence-electron chi connectivity index (χ0n) is 14.3. The van der Waals surface area contributed by atoms with Gasteiger partial charge in [-0.25, -0.2) is 4.21 Å². The Bertz CT molecular complexity index is 1160. The van der Waals surface area contributed by atoms with Crippen LogP contribution in [0.15, 0.2) is 58.5 Å². The third-order valence-corrected chi connectivity index (χ3v) is 6.70. The summed E-state index contributed by atoms with van der Waals surface area (Å²) >= 11 is 0. The van der Waals surface area contributed by atoms with Gasteiger partial charge in [0.15, 0.2) is 0 Å². The average molecular weight is 388 g/mol. The van der Waals surface area contributed by atoms with Crippen LogP contribution in [0.2, 0.25) is 0 Å². The predicted molar refractivity (Wildman–Crippen MR) is 97.5 cm³/mol. The number of nitrogens with zero attached hydrogens (tertiary/aromatic N) is 1. The van der Waals surface area contributed by atoms with Crippen LogP contribution in [0.5, 0.6) is 0 Å². The molecule has 2 bridgehead atoms. The van der Waals surface area contributed by atoms with Crippen molar-refractivity contribution >= 4 is 27.3 Å². The van der Waals surface area contributed by atoms with Crippen LogP contribution < -0.4 is 5.32 Å². The average Bonchev–Trinajstić information content (AvgIpc) is 3.34. The summed E-state index contributed by atoms with van der Waals surface area (Å²) in [6.07, 6.45) is -1.48. The lowest BCUT2D eigenvalue weighted by Crippen LogP contribution is -2.10. The van der Waals surface area contributed by atoms with Gasteiger partial charge in [-0.05, 0) is 42.0 Å². The molecular formula is C20H15F3N2OS. The smallest absolute Gasteiger partial charge is 0.383 e. The van der Waals surface area contributed by atoms with Crippen molar-refractivity contribution in [1.29, 1.82) is 0 Å². The normalized spacial score (nSPS) is 19.1. The molecule has 0 spiro atoms. The second-order valence-electron chi connectivity index (χ2n) is 6.89. The summed E-state index contributed by atoms with van der Waals surface area (Å²) in [5, 5.41) is 4.35. The highest BCUT2D eigenvalue weighted by atomic mass is 32.2. The molecule has 138 valence electrons. The lowest BCUT2D eigenvalue weighted by molar-refractivity contribution is -0.137. The van der Waals surface area contributed by atoms with Gasteiger partial charge < -0.3 is 9.88 Å². The minimum Gasteiger partial charge on any atom is -0.383 e. The van der Waals surface area contributed by atoms with Gasteiger partial charge in [-0.2, -0.15) is 13.2 Å². The summed E-state index contributed by atoms with van der Waals surface area (Å²) in [6, 6.07) is 10.4. The zero-order valence-corrected chi connectivity index (χ0v) is 15.1. The molecule has 1 N–H and O–H groups in total. The summed E-state index contributed by atoms with van der Waals surface area (Å²) in [5.74, 6) is 0. The van der Waals surface area contributed by atoms with Crippen molar-refractivity contribution in [3.05, 3.63) is 65.5 Å². The highest BCUT2D eigenvalue weighted by molar-refractivity contribution is 7.85. The van der Waals surface area contributed by atoms with E-state index < -0.39 is 22.5 Å². The van der Waals surface area contributed by atoms with E-state index in [-0.39, 0.29) is 10.9 Å². The molecule has 1 aliphatic heterocycles. The minimum atomic E-state index is -4.46. The molecule has 0 fully saturated rings. The first-order valence-corrected chi connectivity index (χ1v) is 9.66. The number of alkyl halides is 3. The first kappa shape index (κ1) is 16.6. The van der Waals surface area contributed by atoms with Gasteiger partial charge in [0, 0.05) is 45.9 Å². The molecule has 0 amide bonds. The third-order valence-electron chi connectivity index (χ3n) is 5.34. The standard InChI is InChI=1S/C20H15F3N2OS/c1-25-17-6-5-14(9-15(17)18-16-7-11(10-24-16)19(18)25)27(26)13-4-2-3-12(8-13)20(21,22)23/h2-6,8-10,16,24H,7H2,1H3. The molecule has 0 radical (unpaired) electrons. The highest BCUT2D eigenvalue weighted by Crippen LogP contribution is 2.48. The number of nitrogens with one attached hydrogen (secondary N) is 1. The molecule has 1 aliphatic carbocycles. The molecule has 2 atom stereocenters. The number of hydrogen-bond acceptors (Lipinski definition) is 2. The monoisotopic (exact) mass is 388 g/mol. The maximum absolute atomic E-state index is 13.0. The van der Waals surface area contributed by atoms with Crippen molar-refractivity contribution in [2.75, 3.05) is 0 Å². The van der Waals surface area contributed by atoms with E-state index in [1.807, 2.05) is 25.4 Å². The van der Waals surface area contributed by atoms with Crippen LogP contribution in [0.1, 0.15) is 29.3 Å². The molecular weight excluding hydrogens is 373 g/mol. The number of benzene rings is 2. The topological polar surface area (TPSA) is 34.0 Å². The molecule has 5 rings (SSSR count). The molecule has 2 heterocycles. The molecule has 3 nitrogen and oxygen atoms in total. The Balaban J connectivity index is 1.62. The Labute approximate surface area is 155 Å². The van der Waals surface area contributed by atoms with Crippen molar-refractivity contribution in [2.24, 2.45) is 7.05 Å². The lowest BCUT2D eigenvalue weighted by Gasteiger charge is -2.10. The Morgan fingerprint density at radius 3 is 2.70 bits per heavy atom. The first-order valence-electron chi connectivity index (χ1n) is 8.51. The third kappa shape index (κ3) is 2.37. The van der Waals surface area contributed by atoms with Gasteiger partial charge in [0.05, 0.1) is 28.1 Å². The van der Waals surface area contributed by atoms with Gasteiger partial charge in [-0.1, -0.05) is 6.07 Å². The second kappa shape index (κ2) is 5.48. The first-order chi connectivity index (χ1) is 12.8. The molecule has 0 saturated carbocycles. The largest absolute Gasteiger partial charge is 0.416 e. The van der Waals surface area contributed by atoms with Crippen LogP contribution in [0, 0.1) is 0 Å². The molecule has 3 aromatic rings. The van der Waals surface area contributed by atoms with Crippen molar-refractivity contribution in [3.63, 3.8) is 0 Å². The van der Waals surface area contributed by atoms with Crippen LogP contribution in [0.25, 0.3) is 16.5 Å². The second-order valence-corrected chi connectivity index (χ2v) is 8.37. The number of aryl methyl sites for hydroxylation is 1. The summed E-state index contributed by atoms with van der Waals surface area (Å²) < 4.78 is 54.0. The summed E-state index contributed by atoms with van der Waals surface area (Å²) in [6.45, 7) is 0. The minimum absolute atomic E-state index is 0.152. The zero-order chi connectivity index (χ0) is 18.9. The Morgan fingerprint density at radius 2 is 1.93 bits per heavy atom. The van der Waals surface area contributed by atoms with E-state index in [4.69, 9.17) is 0 Å². The van der Waals surface area contributed by atoms with Crippen molar-refractivity contribution < 1.29 is 17.4 Å². The number of rotatable bonds is 2. The molecule has 0 saturated heterocycles. The quantitative estimate of drug-likeness (QED) is 0.687. The van der Waals surface area contributed by atoms with E-state index in [0.717, 1.165) is 29.5 Å². The Hall–Kier alpha value is -2.54. The van der Waals surface area contributed by atoms with Gasteiger partial charge in [0.1, 0.15) is 0 Å². The van der Waals surface area contributed by atoms with Gasteiger partial charge in [-0.15, -0.1) is 0 Å². The van der Waals surface area contributed by atoms with Gasteiger partial charge >= 0.3 is 6.18 Å². The van der Waals surface area contributed by atoms with Gasteiger partial charge in [0.2, 0.25) is 0 Å². The predicted octanol–water partition coefficient (Wildman–Crippen LogP) is 4.75. The van der Waals surface area contributed by atoms with Crippen LogP contribution in [-0.4, -0.2) is 8.78 Å². The molecule has 1 aromatic heterocycles. The van der Waals surface area contributed by atoms with Crippen LogP contribution >= 0.6 is 0 Å². The molecule has 7 heteroatoms. The number of hydrogen-bond donors (Lipinski definition) is 1. The number of fused-ring (bicyclic) bond motifs is 7. The Kier molecular flexibility index (Phi) is 3.37. The van der Waals surface area contributed by atoms with E-state index in [1.165, 1.54) is 29.0 Å². The fraction of sp³-hybridized carbons (Fsp3) is 0.200. The molecule has 27 heavy (non-hydrogen) atoms. The van der Waals surface area contributed by atoms with Crippen LogP contribution in [-0.2, 0) is 24.0 Å². The van der Waals surface area contributed by atoms with E-state index >= 15 is 0 Å². The summed E-state index contributed by atoms with van der Waals surface area (Å²) in [7, 11) is 0.325. The maximum atomic E-state index is 13.0. The summed E-state index contributed by atoms with van der Waals surface area (Å²) in [4.78, 5) is 0.658. The van der Waals surface area contributed by atoms with E-state index in [0.29, 0.717) is 4.90 Å². The maximum Gasteiger partial charge on any atom is 0.416 e. The number of halogens is 3. The fourth-order valence-corrected chi connectivity index (χ4v) is 5.25. The highest BCUT2D eigenvalue weighted by Gasteiger charge is 2.36. The Morgan fingerprint density at radius 1 is 1.15 bits per heavy atom. The molecule has 2 aliphatic rings. The van der Waals surface area contributed by atoms with E-state index in [1.54, 1.807) is 6.07 Å². The number of aromatic nitrogens is 1. The van der Waals surface area contributed by atoms with Crippen LogP contribution in [0.3, 0.4) is 0 Å². The van der Waals surface area contributed by atoms with E-state index in [2.05, 4.69) is 9.88 Å².